The Hall–Kier alpha value is -1.58. The standard InChI is InChI=1S/C11H14N2O2/c14-11(15)13-6-3-9(4-7-13)10-2-1-5-12-8-10/h1-2,5,8-9H,3-4,6-7H2,(H,14,15). The molecule has 1 saturated heterocycles. The van der Waals surface area contributed by atoms with Crippen LogP contribution in [0.4, 0.5) is 4.79 Å². The highest BCUT2D eigenvalue weighted by molar-refractivity contribution is 5.65. The molecule has 4 nitrogen and oxygen atoms in total. The number of amides is 1. The lowest BCUT2D eigenvalue weighted by molar-refractivity contribution is 0.132. The van der Waals surface area contributed by atoms with E-state index in [0.29, 0.717) is 19.0 Å². The molecule has 4 heteroatoms. The van der Waals surface area contributed by atoms with Crippen molar-refractivity contribution >= 4 is 6.09 Å². The smallest absolute Gasteiger partial charge is 0.407 e. The Balaban J connectivity index is 1.97. The van der Waals surface area contributed by atoms with Gasteiger partial charge in [-0.05, 0) is 30.4 Å². The maximum atomic E-state index is 10.7. The van der Waals surface area contributed by atoms with Crippen LogP contribution in [0.5, 0.6) is 0 Å². The number of carbonyl (C=O) groups is 1. The lowest BCUT2D eigenvalue weighted by Gasteiger charge is -2.29. The van der Waals surface area contributed by atoms with Gasteiger partial charge in [0.15, 0.2) is 0 Å². The molecule has 0 radical (unpaired) electrons. The number of hydrogen-bond donors (Lipinski definition) is 1. The molecule has 1 N–H and O–H groups in total. The van der Waals surface area contributed by atoms with Crippen molar-refractivity contribution in [2.45, 2.75) is 18.8 Å². The molecular formula is C11H14N2O2. The van der Waals surface area contributed by atoms with Gasteiger partial charge in [0.25, 0.3) is 0 Å². The zero-order valence-electron chi connectivity index (χ0n) is 8.47. The van der Waals surface area contributed by atoms with Crippen LogP contribution in [0.15, 0.2) is 24.5 Å². The summed E-state index contributed by atoms with van der Waals surface area (Å²) in [7, 11) is 0. The second-order valence-corrected chi connectivity index (χ2v) is 3.83. The summed E-state index contributed by atoms with van der Waals surface area (Å²) in [5, 5.41) is 8.81. The average Bonchev–Trinajstić information content (AvgIpc) is 2.30. The van der Waals surface area contributed by atoms with Crippen LogP contribution in [0, 0.1) is 0 Å². The first kappa shape index (κ1) is 9.96. The minimum atomic E-state index is -0.806. The average molecular weight is 206 g/mol. The molecule has 2 heterocycles. The van der Waals surface area contributed by atoms with Gasteiger partial charge >= 0.3 is 6.09 Å². The van der Waals surface area contributed by atoms with Crippen molar-refractivity contribution in [3.63, 3.8) is 0 Å². The molecule has 1 amide bonds. The monoisotopic (exact) mass is 206 g/mol. The van der Waals surface area contributed by atoms with Crippen molar-refractivity contribution in [3.8, 4) is 0 Å². The third kappa shape index (κ3) is 2.26. The normalized spacial score (nSPS) is 17.7. The topological polar surface area (TPSA) is 53.4 Å². The van der Waals surface area contributed by atoms with E-state index in [-0.39, 0.29) is 0 Å². The van der Waals surface area contributed by atoms with Crippen LogP contribution < -0.4 is 0 Å². The van der Waals surface area contributed by atoms with Crippen LogP contribution in [0.25, 0.3) is 0 Å². The molecule has 80 valence electrons. The molecule has 2 rings (SSSR count). The number of carboxylic acid groups (broad SMARTS) is 1. The fourth-order valence-corrected chi connectivity index (χ4v) is 2.02. The van der Waals surface area contributed by atoms with Crippen molar-refractivity contribution in [2.75, 3.05) is 13.1 Å². The zero-order chi connectivity index (χ0) is 10.7. The van der Waals surface area contributed by atoms with Crippen LogP contribution in [-0.4, -0.2) is 34.2 Å². The Labute approximate surface area is 88.6 Å². The summed E-state index contributed by atoms with van der Waals surface area (Å²) in [6.45, 7) is 1.27. The van der Waals surface area contributed by atoms with Gasteiger partial charge in [0.2, 0.25) is 0 Å². The number of aromatic nitrogens is 1. The van der Waals surface area contributed by atoms with E-state index in [9.17, 15) is 4.79 Å². The minimum Gasteiger partial charge on any atom is -0.465 e. The Morgan fingerprint density at radius 2 is 2.20 bits per heavy atom. The lowest BCUT2D eigenvalue weighted by Crippen LogP contribution is -2.36. The Kier molecular flexibility index (Phi) is 2.85. The van der Waals surface area contributed by atoms with Crippen molar-refractivity contribution in [1.29, 1.82) is 0 Å². The van der Waals surface area contributed by atoms with E-state index in [2.05, 4.69) is 11.1 Å². The van der Waals surface area contributed by atoms with E-state index in [1.165, 1.54) is 10.5 Å². The van der Waals surface area contributed by atoms with Crippen molar-refractivity contribution in [2.24, 2.45) is 0 Å². The minimum absolute atomic E-state index is 0.467. The molecule has 1 fully saturated rings. The first-order valence-electron chi connectivity index (χ1n) is 5.15. The van der Waals surface area contributed by atoms with Crippen molar-refractivity contribution in [3.05, 3.63) is 30.1 Å². The van der Waals surface area contributed by atoms with E-state index in [1.54, 1.807) is 6.20 Å². The molecule has 0 bridgehead atoms. The van der Waals surface area contributed by atoms with E-state index in [1.807, 2.05) is 12.3 Å². The molecule has 0 spiro atoms. The molecule has 0 aromatic carbocycles. The summed E-state index contributed by atoms with van der Waals surface area (Å²) in [4.78, 5) is 16.3. The molecular weight excluding hydrogens is 192 g/mol. The third-order valence-electron chi connectivity index (χ3n) is 2.92. The summed E-state index contributed by atoms with van der Waals surface area (Å²) in [5.74, 6) is 0.467. The predicted octanol–water partition coefficient (Wildman–Crippen LogP) is 1.94. The van der Waals surface area contributed by atoms with Gasteiger partial charge in [0.1, 0.15) is 0 Å². The first-order valence-corrected chi connectivity index (χ1v) is 5.15. The van der Waals surface area contributed by atoms with Gasteiger partial charge in [-0.1, -0.05) is 6.07 Å². The second-order valence-electron chi connectivity index (χ2n) is 3.83. The molecule has 1 aromatic heterocycles. The molecule has 1 aliphatic rings. The maximum Gasteiger partial charge on any atom is 0.407 e. The highest BCUT2D eigenvalue weighted by Crippen LogP contribution is 2.26. The SMILES string of the molecule is O=C(O)N1CCC(c2cccnc2)CC1. The molecule has 1 aromatic rings. The molecule has 0 atom stereocenters. The van der Waals surface area contributed by atoms with Crippen LogP contribution in [0.2, 0.25) is 0 Å². The van der Waals surface area contributed by atoms with Crippen molar-refractivity contribution < 1.29 is 9.90 Å². The van der Waals surface area contributed by atoms with Crippen LogP contribution in [-0.2, 0) is 0 Å². The summed E-state index contributed by atoms with van der Waals surface area (Å²) in [6, 6.07) is 3.99. The molecule has 1 aliphatic heterocycles. The number of pyridine rings is 1. The fourth-order valence-electron chi connectivity index (χ4n) is 2.02. The molecule has 0 aliphatic carbocycles. The summed E-state index contributed by atoms with van der Waals surface area (Å²) < 4.78 is 0. The van der Waals surface area contributed by atoms with Crippen LogP contribution in [0.1, 0.15) is 24.3 Å². The first-order chi connectivity index (χ1) is 7.27. The highest BCUT2D eigenvalue weighted by atomic mass is 16.4. The van der Waals surface area contributed by atoms with Gasteiger partial charge in [-0.15, -0.1) is 0 Å². The van der Waals surface area contributed by atoms with Crippen LogP contribution >= 0.6 is 0 Å². The molecule has 0 saturated carbocycles. The van der Waals surface area contributed by atoms with Gasteiger partial charge in [-0.25, -0.2) is 4.79 Å². The summed E-state index contributed by atoms with van der Waals surface area (Å²) in [5.41, 5.74) is 1.22. The number of nitrogens with zero attached hydrogens (tertiary/aromatic N) is 2. The number of likely N-dealkylation sites (tertiary alicyclic amines) is 1. The Morgan fingerprint density at radius 3 is 2.73 bits per heavy atom. The highest BCUT2D eigenvalue weighted by Gasteiger charge is 2.23. The quantitative estimate of drug-likeness (QED) is 0.764. The molecule has 15 heavy (non-hydrogen) atoms. The summed E-state index contributed by atoms with van der Waals surface area (Å²) >= 11 is 0. The van der Waals surface area contributed by atoms with E-state index in [0.717, 1.165) is 12.8 Å². The van der Waals surface area contributed by atoms with Gasteiger partial charge in [0, 0.05) is 25.5 Å². The van der Waals surface area contributed by atoms with Gasteiger partial charge in [-0.2, -0.15) is 0 Å². The maximum absolute atomic E-state index is 10.7. The zero-order valence-corrected chi connectivity index (χ0v) is 8.47. The van der Waals surface area contributed by atoms with E-state index < -0.39 is 6.09 Å². The summed E-state index contributed by atoms with van der Waals surface area (Å²) in [6.07, 6.45) is 4.63. The Bertz CT molecular complexity index is 332. The van der Waals surface area contributed by atoms with Gasteiger partial charge in [0.05, 0.1) is 0 Å². The molecule has 0 unspecified atom stereocenters. The van der Waals surface area contributed by atoms with Crippen LogP contribution in [0.3, 0.4) is 0 Å². The van der Waals surface area contributed by atoms with E-state index in [4.69, 9.17) is 5.11 Å². The second kappa shape index (κ2) is 4.29. The Morgan fingerprint density at radius 1 is 1.47 bits per heavy atom. The number of piperidine rings is 1. The lowest BCUT2D eigenvalue weighted by atomic mass is 9.91. The van der Waals surface area contributed by atoms with Gasteiger partial charge in [-0.3, -0.25) is 4.98 Å². The number of hydrogen-bond acceptors (Lipinski definition) is 2. The van der Waals surface area contributed by atoms with Crippen molar-refractivity contribution in [1.82, 2.24) is 9.88 Å². The fraction of sp³-hybridized carbons (Fsp3) is 0.455. The number of rotatable bonds is 1. The third-order valence-corrected chi connectivity index (χ3v) is 2.92. The predicted molar refractivity (Wildman–Crippen MR) is 55.8 cm³/mol. The largest absolute Gasteiger partial charge is 0.465 e. The van der Waals surface area contributed by atoms with E-state index >= 15 is 0 Å². The van der Waals surface area contributed by atoms with Gasteiger partial charge < -0.3 is 10.0 Å².